The molecule has 7 rings (SSSR count). The molecule has 0 saturated heterocycles. The second-order valence-electron chi connectivity index (χ2n) is 12.0. The number of anilines is 1. The third-order valence-electron chi connectivity index (χ3n) is 8.61. The van der Waals surface area contributed by atoms with Crippen LogP contribution in [-0.4, -0.2) is 4.98 Å². The lowest BCUT2D eigenvalue weighted by Crippen LogP contribution is -2.16. The van der Waals surface area contributed by atoms with Crippen LogP contribution in [0.2, 0.25) is 0 Å². The summed E-state index contributed by atoms with van der Waals surface area (Å²) in [5.74, 6) is 0.774. The summed E-state index contributed by atoms with van der Waals surface area (Å²) in [5, 5.41) is 14.9. The molecule has 0 bridgehead atoms. The number of hydrogen-bond acceptors (Lipinski definition) is 3. The molecular formula is C40H36N2S. The second kappa shape index (κ2) is 11.3. The van der Waals surface area contributed by atoms with Crippen molar-refractivity contribution in [3.05, 3.63) is 142 Å². The maximum atomic E-state index is 5.40. The van der Waals surface area contributed by atoms with Gasteiger partial charge in [0, 0.05) is 16.6 Å². The Morgan fingerprint density at radius 1 is 0.558 bits per heavy atom. The average Bonchev–Trinajstić information content (AvgIpc) is 3.52. The minimum atomic E-state index is -0.124. The van der Waals surface area contributed by atoms with Crippen LogP contribution in [0.1, 0.15) is 67.3 Å². The molecule has 0 aliphatic carbocycles. The first kappa shape index (κ1) is 27.4. The van der Waals surface area contributed by atoms with Gasteiger partial charge in [-0.2, -0.15) is 0 Å². The minimum absolute atomic E-state index is 0.124. The van der Waals surface area contributed by atoms with Crippen LogP contribution >= 0.6 is 11.3 Å². The molecule has 0 aliphatic heterocycles. The number of nitrogens with zero attached hydrogens (tertiary/aromatic N) is 1. The van der Waals surface area contributed by atoms with Crippen molar-refractivity contribution in [1.29, 1.82) is 0 Å². The number of fused-ring (bicyclic) bond motifs is 4. The van der Waals surface area contributed by atoms with Gasteiger partial charge in [0.05, 0.1) is 5.69 Å². The van der Waals surface area contributed by atoms with Crippen LogP contribution in [-0.2, 0) is 0 Å². The van der Waals surface area contributed by atoms with E-state index in [0.717, 1.165) is 10.7 Å². The maximum absolute atomic E-state index is 5.40. The molecule has 0 saturated carbocycles. The number of thiazole rings is 1. The topological polar surface area (TPSA) is 24.9 Å². The minimum Gasteiger partial charge on any atom is -0.372 e. The van der Waals surface area contributed by atoms with Crippen molar-refractivity contribution in [2.45, 2.75) is 45.6 Å². The molecule has 212 valence electrons. The molecule has 0 radical (unpaired) electrons. The Morgan fingerprint density at radius 3 is 1.86 bits per heavy atom. The van der Waals surface area contributed by atoms with Gasteiger partial charge in [-0.1, -0.05) is 137 Å². The predicted octanol–water partition coefficient (Wildman–Crippen LogP) is 11.7. The van der Waals surface area contributed by atoms with Gasteiger partial charge in [-0.05, 0) is 66.9 Å². The van der Waals surface area contributed by atoms with E-state index < -0.39 is 0 Å². The van der Waals surface area contributed by atoms with Crippen molar-refractivity contribution in [1.82, 2.24) is 4.98 Å². The van der Waals surface area contributed by atoms with Gasteiger partial charge in [-0.15, -0.1) is 11.3 Å². The number of nitrogens with one attached hydrogen (secondary N) is 1. The molecule has 2 nitrogen and oxygen atoms in total. The monoisotopic (exact) mass is 576 g/mol. The first-order valence-electron chi connectivity index (χ1n) is 15.2. The van der Waals surface area contributed by atoms with Gasteiger partial charge in [-0.25, -0.2) is 4.98 Å². The highest BCUT2D eigenvalue weighted by atomic mass is 32.1. The number of hydrogen-bond donors (Lipinski definition) is 1. The fraction of sp³-hybridized carbons (Fsp3) is 0.175. The summed E-state index contributed by atoms with van der Waals surface area (Å²) in [7, 11) is 0. The van der Waals surface area contributed by atoms with E-state index in [1.807, 2.05) is 0 Å². The summed E-state index contributed by atoms with van der Waals surface area (Å²) < 4.78 is 0. The lowest BCUT2D eigenvalue weighted by molar-refractivity contribution is 0.821. The van der Waals surface area contributed by atoms with E-state index in [9.17, 15) is 0 Å². The summed E-state index contributed by atoms with van der Waals surface area (Å²) in [6, 6.07) is 41.7. The standard InChI is InChI=1S/C40H36N2S/c1-25(2)29-20-12-21-30(26(3)4)38(29)42-39(36-23-28-14-6-8-17-32(28)33-18-9-10-19-34(33)36)40-41-37(24-43-40)35-22-11-15-27-13-5-7-16-31(27)35/h5-26,39,42H,1-4H3. The molecule has 1 atom stereocenters. The highest BCUT2D eigenvalue weighted by Crippen LogP contribution is 2.42. The highest BCUT2D eigenvalue weighted by Gasteiger charge is 2.25. The summed E-state index contributed by atoms with van der Waals surface area (Å²) in [6.07, 6.45) is 0. The molecule has 0 amide bonds. The quantitative estimate of drug-likeness (QED) is 0.191. The molecule has 1 aromatic heterocycles. The number of benzene rings is 6. The molecule has 7 aromatic rings. The largest absolute Gasteiger partial charge is 0.372 e. The van der Waals surface area contributed by atoms with Crippen LogP contribution in [0.4, 0.5) is 5.69 Å². The van der Waals surface area contributed by atoms with E-state index in [0.29, 0.717) is 11.8 Å². The molecule has 0 aliphatic rings. The molecule has 3 heteroatoms. The molecule has 1 unspecified atom stereocenters. The average molecular weight is 577 g/mol. The Morgan fingerprint density at radius 2 is 1.14 bits per heavy atom. The van der Waals surface area contributed by atoms with Crippen LogP contribution in [0, 0.1) is 0 Å². The predicted molar refractivity (Wildman–Crippen MR) is 187 cm³/mol. The van der Waals surface area contributed by atoms with Gasteiger partial charge in [0.25, 0.3) is 0 Å². The Bertz CT molecular complexity index is 2050. The first-order valence-corrected chi connectivity index (χ1v) is 16.1. The third-order valence-corrected chi connectivity index (χ3v) is 9.52. The molecule has 1 heterocycles. The van der Waals surface area contributed by atoms with Crippen LogP contribution in [0.15, 0.2) is 121 Å². The lowest BCUT2D eigenvalue weighted by Gasteiger charge is -2.27. The first-order chi connectivity index (χ1) is 21.0. The highest BCUT2D eigenvalue weighted by molar-refractivity contribution is 7.10. The van der Waals surface area contributed by atoms with Gasteiger partial charge < -0.3 is 5.32 Å². The number of aromatic nitrogens is 1. The summed E-state index contributed by atoms with van der Waals surface area (Å²) in [4.78, 5) is 5.40. The molecule has 0 spiro atoms. The van der Waals surface area contributed by atoms with Gasteiger partial charge in [0.15, 0.2) is 0 Å². The zero-order valence-corrected chi connectivity index (χ0v) is 26.0. The summed E-state index contributed by atoms with van der Waals surface area (Å²) >= 11 is 1.74. The SMILES string of the molecule is CC(C)c1cccc(C(C)C)c1NC(c1nc(-c2cccc3ccccc23)cs1)c1cc2ccccc2c2ccccc12. The van der Waals surface area contributed by atoms with Crippen molar-refractivity contribution in [2.24, 2.45) is 0 Å². The van der Waals surface area contributed by atoms with Gasteiger partial charge in [0.2, 0.25) is 0 Å². The maximum Gasteiger partial charge on any atom is 0.120 e. The normalized spacial score (nSPS) is 12.5. The van der Waals surface area contributed by atoms with E-state index in [1.165, 1.54) is 60.3 Å². The van der Waals surface area contributed by atoms with Gasteiger partial charge >= 0.3 is 0 Å². The van der Waals surface area contributed by atoms with Crippen molar-refractivity contribution in [3.8, 4) is 11.3 Å². The third kappa shape index (κ3) is 4.98. The zero-order chi connectivity index (χ0) is 29.5. The molecule has 43 heavy (non-hydrogen) atoms. The second-order valence-corrected chi connectivity index (χ2v) is 12.9. The van der Waals surface area contributed by atoms with Crippen molar-refractivity contribution in [2.75, 3.05) is 5.32 Å². The van der Waals surface area contributed by atoms with Crippen LogP contribution in [0.3, 0.4) is 0 Å². The Kier molecular flexibility index (Phi) is 7.20. The Labute approximate surface area is 258 Å². The van der Waals surface area contributed by atoms with E-state index in [1.54, 1.807) is 11.3 Å². The van der Waals surface area contributed by atoms with E-state index >= 15 is 0 Å². The van der Waals surface area contributed by atoms with Crippen LogP contribution in [0.5, 0.6) is 0 Å². The van der Waals surface area contributed by atoms with Crippen molar-refractivity contribution >= 4 is 49.3 Å². The van der Waals surface area contributed by atoms with E-state index in [2.05, 4.69) is 154 Å². The van der Waals surface area contributed by atoms with Crippen molar-refractivity contribution < 1.29 is 0 Å². The van der Waals surface area contributed by atoms with Crippen LogP contribution < -0.4 is 5.32 Å². The summed E-state index contributed by atoms with van der Waals surface area (Å²) in [6.45, 7) is 9.14. The van der Waals surface area contributed by atoms with Gasteiger partial charge in [0.1, 0.15) is 11.0 Å². The number of para-hydroxylation sites is 1. The van der Waals surface area contributed by atoms with E-state index in [-0.39, 0.29) is 6.04 Å². The Balaban J connectivity index is 1.47. The number of rotatable bonds is 7. The Hall–Kier alpha value is -4.47. The molecular weight excluding hydrogens is 541 g/mol. The van der Waals surface area contributed by atoms with E-state index in [4.69, 9.17) is 4.98 Å². The smallest absolute Gasteiger partial charge is 0.120 e. The molecule has 1 N–H and O–H groups in total. The lowest BCUT2D eigenvalue weighted by atomic mass is 9.90. The van der Waals surface area contributed by atoms with Gasteiger partial charge in [-0.3, -0.25) is 0 Å². The fourth-order valence-electron chi connectivity index (χ4n) is 6.45. The van der Waals surface area contributed by atoms with Crippen LogP contribution in [0.25, 0.3) is 43.6 Å². The zero-order valence-electron chi connectivity index (χ0n) is 25.1. The summed E-state index contributed by atoms with van der Waals surface area (Å²) in [5.41, 5.74) is 7.36. The molecule has 6 aromatic carbocycles. The fourth-order valence-corrected chi connectivity index (χ4v) is 7.33. The van der Waals surface area contributed by atoms with Crippen molar-refractivity contribution in [3.63, 3.8) is 0 Å². The molecule has 0 fully saturated rings.